The molecule has 10 heteroatoms. The molecule has 0 bridgehead atoms. The first-order valence-electron chi connectivity index (χ1n) is 9.58. The molecule has 3 aromatic rings. The number of nitrogen functional groups attached to an aromatic ring is 1. The van der Waals surface area contributed by atoms with Gasteiger partial charge in [-0.2, -0.15) is 13.2 Å². The summed E-state index contributed by atoms with van der Waals surface area (Å²) in [5, 5.41) is 4.01. The molecule has 1 aliphatic rings. The molecule has 158 valence electrons. The van der Waals surface area contributed by atoms with Crippen LogP contribution in [0.25, 0.3) is 10.9 Å². The lowest BCUT2D eigenvalue weighted by atomic mass is 10.1. The Bertz CT molecular complexity index is 1070. The Morgan fingerprint density at radius 3 is 2.60 bits per heavy atom. The molecule has 4 rings (SSSR count). The SMILES string of the molecule is Nc1cc(CCNc2nc(Cl)nc3cnc(N4CCCC4)cc23)cc(C(F)(F)F)c1. The molecule has 0 atom stereocenters. The van der Waals surface area contributed by atoms with Gasteiger partial charge in [-0.25, -0.2) is 15.0 Å². The summed E-state index contributed by atoms with van der Waals surface area (Å²) in [4.78, 5) is 15.1. The number of fused-ring (bicyclic) bond motifs is 1. The third-order valence-corrected chi connectivity index (χ3v) is 5.19. The summed E-state index contributed by atoms with van der Waals surface area (Å²) in [5.74, 6) is 1.37. The Morgan fingerprint density at radius 1 is 1.10 bits per heavy atom. The highest BCUT2D eigenvalue weighted by Crippen LogP contribution is 2.31. The Balaban J connectivity index is 1.55. The molecular formula is C20H20ClF3N6. The summed E-state index contributed by atoms with van der Waals surface area (Å²) in [6, 6.07) is 5.50. The summed E-state index contributed by atoms with van der Waals surface area (Å²) in [6.07, 6.45) is -0.187. The number of rotatable bonds is 5. The number of nitrogens with one attached hydrogen (secondary N) is 1. The van der Waals surface area contributed by atoms with Crippen LogP contribution in [0.3, 0.4) is 0 Å². The van der Waals surface area contributed by atoms with Gasteiger partial charge in [-0.3, -0.25) is 0 Å². The van der Waals surface area contributed by atoms with Gasteiger partial charge in [0.05, 0.1) is 17.3 Å². The van der Waals surface area contributed by atoms with Crippen LogP contribution in [0.2, 0.25) is 5.28 Å². The number of pyridine rings is 1. The summed E-state index contributed by atoms with van der Waals surface area (Å²) in [5.41, 5.74) is 6.05. The van der Waals surface area contributed by atoms with Gasteiger partial charge in [0.15, 0.2) is 0 Å². The van der Waals surface area contributed by atoms with E-state index in [2.05, 4.69) is 25.2 Å². The van der Waals surface area contributed by atoms with E-state index < -0.39 is 11.7 Å². The number of nitrogens with zero attached hydrogens (tertiary/aromatic N) is 4. The van der Waals surface area contributed by atoms with Gasteiger partial charge in [-0.15, -0.1) is 0 Å². The van der Waals surface area contributed by atoms with Crippen LogP contribution >= 0.6 is 11.6 Å². The van der Waals surface area contributed by atoms with E-state index in [1.165, 1.54) is 6.07 Å². The van der Waals surface area contributed by atoms with Crippen molar-refractivity contribution in [3.05, 3.63) is 46.9 Å². The Hall–Kier alpha value is -2.81. The van der Waals surface area contributed by atoms with Gasteiger partial charge >= 0.3 is 6.18 Å². The molecule has 6 nitrogen and oxygen atoms in total. The molecule has 0 aliphatic carbocycles. The van der Waals surface area contributed by atoms with E-state index in [-0.39, 0.29) is 11.0 Å². The molecular weight excluding hydrogens is 417 g/mol. The topological polar surface area (TPSA) is 80.0 Å². The minimum Gasteiger partial charge on any atom is -0.399 e. The number of benzene rings is 1. The van der Waals surface area contributed by atoms with E-state index in [9.17, 15) is 13.2 Å². The molecule has 0 amide bonds. The molecule has 3 heterocycles. The molecule has 0 unspecified atom stereocenters. The number of nitrogens with two attached hydrogens (primary N) is 1. The molecule has 0 radical (unpaired) electrons. The van der Waals surface area contributed by atoms with Gasteiger partial charge in [0.1, 0.15) is 11.6 Å². The van der Waals surface area contributed by atoms with Crippen LogP contribution < -0.4 is 16.0 Å². The minimum absolute atomic E-state index is 0.0732. The maximum atomic E-state index is 13.0. The molecule has 0 saturated carbocycles. The summed E-state index contributed by atoms with van der Waals surface area (Å²) >= 11 is 6.04. The lowest BCUT2D eigenvalue weighted by Gasteiger charge is -2.17. The Kier molecular flexibility index (Phi) is 5.55. The summed E-state index contributed by atoms with van der Waals surface area (Å²) in [6.45, 7) is 2.25. The van der Waals surface area contributed by atoms with Gasteiger partial charge in [-0.1, -0.05) is 0 Å². The third-order valence-electron chi connectivity index (χ3n) is 5.02. The monoisotopic (exact) mass is 436 g/mol. The van der Waals surface area contributed by atoms with Crippen LogP contribution in [0, 0.1) is 0 Å². The number of halogens is 4. The van der Waals surface area contributed by atoms with Crippen LogP contribution in [-0.2, 0) is 12.6 Å². The van der Waals surface area contributed by atoms with E-state index >= 15 is 0 Å². The second-order valence-corrected chi connectivity index (χ2v) is 7.57. The van der Waals surface area contributed by atoms with Crippen LogP contribution in [0.15, 0.2) is 30.5 Å². The van der Waals surface area contributed by atoms with Gasteiger partial charge in [0.2, 0.25) is 5.28 Å². The second kappa shape index (κ2) is 8.14. The van der Waals surface area contributed by atoms with Crippen molar-refractivity contribution in [1.82, 2.24) is 15.0 Å². The van der Waals surface area contributed by atoms with Gasteiger partial charge < -0.3 is 16.0 Å². The molecule has 1 fully saturated rings. The second-order valence-electron chi connectivity index (χ2n) is 7.23. The smallest absolute Gasteiger partial charge is 0.399 e. The lowest BCUT2D eigenvalue weighted by Crippen LogP contribution is -2.19. The molecule has 30 heavy (non-hydrogen) atoms. The van der Waals surface area contributed by atoms with Crippen molar-refractivity contribution in [2.24, 2.45) is 0 Å². The third kappa shape index (κ3) is 4.51. The van der Waals surface area contributed by atoms with Crippen LogP contribution in [0.5, 0.6) is 0 Å². The highest BCUT2D eigenvalue weighted by atomic mass is 35.5. The molecule has 3 N–H and O–H groups in total. The zero-order chi connectivity index (χ0) is 21.3. The number of hydrogen-bond acceptors (Lipinski definition) is 6. The van der Waals surface area contributed by atoms with Crippen molar-refractivity contribution in [3.8, 4) is 0 Å². The fourth-order valence-electron chi connectivity index (χ4n) is 3.60. The van der Waals surface area contributed by atoms with Crippen molar-refractivity contribution < 1.29 is 13.2 Å². The average Bonchev–Trinajstić information content (AvgIpc) is 3.21. The predicted molar refractivity (Wildman–Crippen MR) is 112 cm³/mol. The van der Waals surface area contributed by atoms with Crippen molar-refractivity contribution in [3.63, 3.8) is 0 Å². The first-order chi connectivity index (χ1) is 14.3. The quantitative estimate of drug-likeness (QED) is 0.451. The van der Waals surface area contributed by atoms with Crippen molar-refractivity contribution >= 4 is 39.8 Å². The van der Waals surface area contributed by atoms with E-state index in [4.69, 9.17) is 17.3 Å². The van der Waals surface area contributed by atoms with E-state index in [0.717, 1.165) is 49.3 Å². The lowest BCUT2D eigenvalue weighted by molar-refractivity contribution is -0.137. The normalized spacial score (nSPS) is 14.5. The zero-order valence-electron chi connectivity index (χ0n) is 16.0. The van der Waals surface area contributed by atoms with Crippen LogP contribution in [-0.4, -0.2) is 34.6 Å². The molecule has 1 aliphatic heterocycles. The number of aromatic nitrogens is 3. The Morgan fingerprint density at radius 2 is 1.87 bits per heavy atom. The number of anilines is 3. The fraction of sp³-hybridized carbons (Fsp3) is 0.350. The first kappa shape index (κ1) is 20.5. The predicted octanol–water partition coefficient (Wildman–Crippen LogP) is 4.53. The van der Waals surface area contributed by atoms with E-state index in [0.29, 0.717) is 29.9 Å². The number of alkyl halides is 3. The summed E-state index contributed by atoms with van der Waals surface area (Å²) in [7, 11) is 0. The average molecular weight is 437 g/mol. The van der Waals surface area contributed by atoms with Crippen molar-refractivity contribution in [2.75, 3.05) is 35.6 Å². The zero-order valence-corrected chi connectivity index (χ0v) is 16.8. The maximum absolute atomic E-state index is 13.0. The highest BCUT2D eigenvalue weighted by Gasteiger charge is 2.31. The maximum Gasteiger partial charge on any atom is 0.416 e. The van der Waals surface area contributed by atoms with Crippen molar-refractivity contribution in [1.29, 1.82) is 0 Å². The van der Waals surface area contributed by atoms with E-state index in [1.807, 2.05) is 6.07 Å². The number of hydrogen-bond donors (Lipinski definition) is 2. The van der Waals surface area contributed by atoms with Crippen LogP contribution in [0.1, 0.15) is 24.0 Å². The first-order valence-corrected chi connectivity index (χ1v) is 9.96. The largest absolute Gasteiger partial charge is 0.416 e. The Labute approximate surface area is 176 Å². The van der Waals surface area contributed by atoms with Gasteiger partial charge in [-0.05, 0) is 60.7 Å². The molecule has 0 spiro atoms. The molecule has 1 saturated heterocycles. The van der Waals surface area contributed by atoms with Gasteiger partial charge in [0, 0.05) is 30.7 Å². The highest BCUT2D eigenvalue weighted by molar-refractivity contribution is 6.28. The minimum atomic E-state index is -4.44. The standard InChI is InChI=1S/C20H20ClF3N6/c21-19-28-16-11-27-17(30-5-1-2-6-30)10-15(16)18(29-19)26-4-3-12-7-13(20(22,23)24)9-14(25)8-12/h7-11H,1-6,25H2,(H,26,28,29). The fourth-order valence-corrected chi connectivity index (χ4v) is 3.77. The molecule has 2 aromatic heterocycles. The van der Waals surface area contributed by atoms with Crippen LogP contribution in [0.4, 0.5) is 30.5 Å². The summed E-state index contributed by atoms with van der Waals surface area (Å²) < 4.78 is 39.0. The molecule has 1 aromatic carbocycles. The van der Waals surface area contributed by atoms with E-state index in [1.54, 1.807) is 6.20 Å². The van der Waals surface area contributed by atoms with Crippen molar-refractivity contribution in [2.45, 2.75) is 25.4 Å². The van der Waals surface area contributed by atoms with Gasteiger partial charge in [0.25, 0.3) is 0 Å².